The fourth-order valence-corrected chi connectivity index (χ4v) is 1.29. The highest BCUT2D eigenvalue weighted by atomic mass is 28.3. The smallest absolute Gasteiger partial charge is 0.154 e. The molecule has 0 bridgehead atoms. The van der Waals surface area contributed by atoms with Gasteiger partial charge in [-0.3, -0.25) is 0 Å². The van der Waals surface area contributed by atoms with Gasteiger partial charge in [0.1, 0.15) is 0 Å². The third-order valence-corrected chi connectivity index (χ3v) is 2.09. The Morgan fingerprint density at radius 1 is 1.75 bits per heavy atom. The molecule has 0 rings (SSSR count). The Balaban J connectivity index is 2.93. The molecule has 0 aromatic rings. The van der Waals surface area contributed by atoms with Gasteiger partial charge in [-0.05, 0) is 8.67 Å². The van der Waals surface area contributed by atoms with Gasteiger partial charge in [-0.15, -0.1) is 0 Å². The molecule has 0 aromatic heterocycles. The normalized spacial score (nSPS) is 9.50. The lowest BCUT2D eigenvalue weighted by molar-refractivity contribution is 1.78. The van der Waals surface area contributed by atoms with E-state index in [9.17, 15) is 0 Å². The van der Waals surface area contributed by atoms with Gasteiger partial charge in [-0.1, -0.05) is 19.3 Å². The quantitative estimate of drug-likeness (QED) is 0.489. The van der Waals surface area contributed by atoms with Crippen molar-refractivity contribution in [3.63, 3.8) is 0 Å². The monoisotopic (exact) mass is 122 g/mol. The van der Waals surface area contributed by atoms with Gasteiger partial charge in [0.2, 0.25) is 0 Å². The summed E-state index contributed by atoms with van der Waals surface area (Å²) in [7, 11) is 4.80. The Hall–Kier alpha value is 0.372. The predicted molar refractivity (Wildman–Crippen MR) is 45.1 cm³/mol. The van der Waals surface area contributed by atoms with Crippen LogP contribution < -0.4 is 5.64 Å². The SMILES string of the molecule is [B]B(N)C[B][SiH](C)C. The Labute approximate surface area is 55.7 Å². The predicted octanol–water partition coefficient (Wildman–Crippen LogP) is -0.753. The van der Waals surface area contributed by atoms with Gasteiger partial charge >= 0.3 is 0 Å². The fourth-order valence-electron chi connectivity index (χ4n) is 0.429. The lowest BCUT2D eigenvalue weighted by Crippen LogP contribution is -2.31. The average molecular weight is 122 g/mol. The molecule has 0 saturated heterocycles. The highest BCUT2D eigenvalue weighted by Crippen LogP contribution is 1.82. The molecule has 0 heterocycles. The minimum absolute atomic E-state index is 0.134. The maximum Gasteiger partial charge on any atom is 0.154 e. The summed E-state index contributed by atoms with van der Waals surface area (Å²) in [4.78, 5) is 0. The molecule has 0 fully saturated rings. The van der Waals surface area contributed by atoms with E-state index in [1.807, 2.05) is 0 Å². The molecule has 0 aliphatic rings. The molecular formula is C3H11B3NSi. The zero-order valence-corrected chi connectivity index (χ0v) is 6.75. The van der Waals surface area contributed by atoms with E-state index in [4.69, 9.17) is 13.4 Å². The van der Waals surface area contributed by atoms with Crippen molar-refractivity contribution in [3.8, 4) is 0 Å². The maximum absolute atomic E-state index is 5.31. The van der Waals surface area contributed by atoms with Crippen molar-refractivity contribution in [2.45, 2.75) is 19.3 Å². The van der Waals surface area contributed by atoms with Crippen LogP contribution in [0.25, 0.3) is 0 Å². The molecule has 0 amide bonds. The van der Waals surface area contributed by atoms with Crippen molar-refractivity contribution in [3.05, 3.63) is 0 Å². The van der Waals surface area contributed by atoms with Crippen LogP contribution in [0.3, 0.4) is 0 Å². The Bertz CT molecular complexity index is 50.5. The first-order valence-electron chi connectivity index (χ1n) is 2.97. The topological polar surface area (TPSA) is 26.0 Å². The second-order valence-electron chi connectivity index (χ2n) is 2.38. The van der Waals surface area contributed by atoms with Crippen LogP contribution in [-0.2, 0) is 0 Å². The number of hydrogen-bond acceptors (Lipinski definition) is 1. The summed E-state index contributed by atoms with van der Waals surface area (Å²) in [5.74, 6) is 0. The van der Waals surface area contributed by atoms with Crippen LogP contribution in [0, 0.1) is 0 Å². The van der Waals surface area contributed by atoms with Crippen molar-refractivity contribution in [2.75, 3.05) is 0 Å². The zero-order valence-electron chi connectivity index (χ0n) is 5.59. The van der Waals surface area contributed by atoms with Crippen LogP contribution in [0.1, 0.15) is 0 Å². The van der Waals surface area contributed by atoms with Gasteiger partial charge in [-0.25, -0.2) is 0 Å². The van der Waals surface area contributed by atoms with Gasteiger partial charge in [0.25, 0.3) is 0 Å². The molecule has 5 heteroatoms. The van der Waals surface area contributed by atoms with Crippen molar-refractivity contribution in [1.82, 2.24) is 0 Å². The molecule has 0 atom stereocenters. The molecule has 0 aliphatic heterocycles. The summed E-state index contributed by atoms with van der Waals surface area (Å²) in [6.45, 7) is 6.62. The molecule has 0 aliphatic carbocycles. The molecule has 2 N–H and O–H groups in total. The third kappa shape index (κ3) is 6.37. The van der Waals surface area contributed by atoms with E-state index in [-0.39, 0.29) is 6.74 Å². The van der Waals surface area contributed by atoms with Crippen molar-refractivity contribution in [1.29, 1.82) is 0 Å². The first-order valence-corrected chi connectivity index (χ1v) is 5.95. The molecule has 8 heavy (non-hydrogen) atoms. The lowest BCUT2D eigenvalue weighted by Gasteiger charge is -2.00. The molecule has 41 valence electrons. The van der Waals surface area contributed by atoms with Gasteiger partial charge in [0, 0.05) is 7.74 Å². The molecule has 3 radical (unpaired) electrons. The van der Waals surface area contributed by atoms with E-state index in [2.05, 4.69) is 20.0 Å². The van der Waals surface area contributed by atoms with E-state index in [1.165, 1.54) is 0 Å². The highest BCUT2D eigenvalue weighted by molar-refractivity contribution is 7.18. The number of rotatable bonds is 3. The van der Waals surface area contributed by atoms with Crippen molar-refractivity contribution in [2.24, 2.45) is 5.64 Å². The molecule has 0 unspecified atom stereocenters. The minimum Gasteiger partial charge on any atom is -0.377 e. The molecular weight excluding hydrogens is 111 g/mol. The summed E-state index contributed by atoms with van der Waals surface area (Å²) >= 11 is 0. The van der Waals surface area contributed by atoms with Gasteiger partial charge < -0.3 is 5.64 Å². The van der Waals surface area contributed by atoms with Crippen LogP contribution in [0.15, 0.2) is 0 Å². The van der Waals surface area contributed by atoms with Crippen molar-refractivity contribution < 1.29 is 0 Å². The lowest BCUT2D eigenvalue weighted by atomic mass is 9.38. The molecule has 0 aromatic carbocycles. The molecule has 0 saturated carbocycles. The largest absolute Gasteiger partial charge is 0.377 e. The van der Waals surface area contributed by atoms with Crippen LogP contribution >= 0.6 is 0 Å². The minimum atomic E-state index is -0.512. The van der Waals surface area contributed by atoms with Crippen LogP contribution in [-0.4, -0.2) is 30.0 Å². The van der Waals surface area contributed by atoms with Crippen molar-refractivity contribution >= 4 is 30.0 Å². The van der Waals surface area contributed by atoms with Crippen LogP contribution in [0.4, 0.5) is 0 Å². The summed E-state index contributed by atoms with van der Waals surface area (Å²) in [5.41, 5.74) is 5.31. The van der Waals surface area contributed by atoms with Gasteiger partial charge in [0.05, 0.1) is 6.87 Å². The molecule has 1 nitrogen and oxygen atoms in total. The Kier molecular flexibility index (Phi) is 4.47. The number of nitrogens with two attached hydrogens (primary N) is 1. The highest BCUT2D eigenvalue weighted by Gasteiger charge is 2.01. The summed E-state index contributed by atoms with van der Waals surface area (Å²) in [6.07, 6.45) is 0.879. The summed E-state index contributed by atoms with van der Waals surface area (Å²) < 4.78 is 0. The average Bonchev–Trinajstić information content (AvgIpc) is 1.61. The fraction of sp³-hybridized carbons (Fsp3) is 1.00. The van der Waals surface area contributed by atoms with E-state index < -0.39 is 8.67 Å². The second kappa shape index (κ2) is 4.27. The van der Waals surface area contributed by atoms with E-state index in [1.54, 1.807) is 0 Å². The van der Waals surface area contributed by atoms with Gasteiger partial charge in [0.15, 0.2) is 6.74 Å². The molecule has 0 spiro atoms. The number of hydrogen-bond donors (Lipinski definition) is 1. The third-order valence-electron chi connectivity index (χ3n) is 0.880. The Morgan fingerprint density at radius 3 is 2.38 bits per heavy atom. The first kappa shape index (κ1) is 8.37. The Morgan fingerprint density at radius 2 is 2.25 bits per heavy atom. The van der Waals surface area contributed by atoms with Crippen LogP contribution in [0.2, 0.25) is 19.3 Å². The summed E-state index contributed by atoms with van der Waals surface area (Å²) in [5, 5.41) is 0. The summed E-state index contributed by atoms with van der Waals surface area (Å²) in [6, 6.07) is 0. The maximum atomic E-state index is 5.31. The second-order valence-corrected chi connectivity index (χ2v) is 5.34. The van der Waals surface area contributed by atoms with E-state index in [0.29, 0.717) is 0 Å². The first-order chi connectivity index (χ1) is 3.63. The standard InChI is InChI=1S/C3H11B3NSi/c1-8(2)5-3-6(4)7/h8H,3,7H2,1-2H3. The van der Waals surface area contributed by atoms with E-state index >= 15 is 0 Å². The van der Waals surface area contributed by atoms with Crippen LogP contribution in [0.5, 0.6) is 0 Å². The van der Waals surface area contributed by atoms with E-state index in [0.717, 1.165) is 6.22 Å². The zero-order chi connectivity index (χ0) is 6.57. The van der Waals surface area contributed by atoms with Gasteiger partial charge in [-0.2, -0.15) is 0 Å².